The number of carboxylic acids is 1. The predicted molar refractivity (Wildman–Crippen MR) is 70.1 cm³/mol. The molecule has 0 aliphatic carbocycles. The number of aryl methyl sites for hydroxylation is 1. The van der Waals surface area contributed by atoms with Gasteiger partial charge in [-0.3, -0.25) is 4.79 Å². The molecule has 3 N–H and O–H groups in total. The molecule has 0 saturated carbocycles. The Bertz CT molecular complexity index is 516. The highest BCUT2D eigenvalue weighted by Gasteiger charge is 2.25. The Labute approximate surface area is 111 Å². The van der Waals surface area contributed by atoms with Crippen molar-refractivity contribution in [2.24, 2.45) is 11.7 Å². The smallest absolute Gasteiger partial charge is 0.337 e. The molecule has 1 aromatic heterocycles. The first-order chi connectivity index (χ1) is 8.99. The number of nitrogens with two attached hydrogens (primary N) is 1. The van der Waals surface area contributed by atoms with Crippen LogP contribution in [0.15, 0.2) is 12.3 Å². The van der Waals surface area contributed by atoms with E-state index >= 15 is 0 Å². The summed E-state index contributed by atoms with van der Waals surface area (Å²) in [5, 5.41) is 8.91. The van der Waals surface area contributed by atoms with Crippen molar-refractivity contribution in [2.45, 2.75) is 19.8 Å². The molecule has 6 nitrogen and oxygen atoms in total. The van der Waals surface area contributed by atoms with Gasteiger partial charge >= 0.3 is 5.97 Å². The Balaban J connectivity index is 2.22. The number of amides is 1. The summed E-state index contributed by atoms with van der Waals surface area (Å²) in [6.45, 7) is 3.18. The van der Waals surface area contributed by atoms with E-state index in [4.69, 9.17) is 10.8 Å². The summed E-state index contributed by atoms with van der Waals surface area (Å²) in [4.78, 5) is 28.3. The monoisotopic (exact) mass is 263 g/mol. The standard InChI is InChI=1S/C13H17N3O3/c1-8-5-10(13(18)19)6-15-12(8)16-4-2-3-9(7-16)11(14)17/h5-6,9H,2-4,7H2,1H3,(H2,14,17)(H,18,19). The molecule has 1 amide bonds. The van der Waals surface area contributed by atoms with Crippen LogP contribution < -0.4 is 10.6 Å². The highest BCUT2D eigenvalue weighted by Crippen LogP contribution is 2.24. The number of aromatic carboxylic acids is 1. The molecule has 1 fully saturated rings. The van der Waals surface area contributed by atoms with E-state index in [9.17, 15) is 9.59 Å². The first kappa shape index (κ1) is 13.3. The molecule has 0 spiro atoms. The molecule has 1 aromatic rings. The summed E-state index contributed by atoms with van der Waals surface area (Å²) < 4.78 is 0. The van der Waals surface area contributed by atoms with Gasteiger partial charge in [0.05, 0.1) is 11.5 Å². The van der Waals surface area contributed by atoms with E-state index in [1.807, 2.05) is 11.8 Å². The van der Waals surface area contributed by atoms with Crippen LogP contribution >= 0.6 is 0 Å². The largest absolute Gasteiger partial charge is 0.478 e. The van der Waals surface area contributed by atoms with Crippen molar-refractivity contribution >= 4 is 17.7 Å². The lowest BCUT2D eigenvalue weighted by atomic mass is 9.97. The number of primary amides is 1. The summed E-state index contributed by atoms with van der Waals surface area (Å²) in [6, 6.07) is 1.60. The lowest BCUT2D eigenvalue weighted by molar-refractivity contribution is -0.122. The zero-order valence-electron chi connectivity index (χ0n) is 10.8. The number of hydrogen-bond donors (Lipinski definition) is 2. The SMILES string of the molecule is Cc1cc(C(=O)O)cnc1N1CCCC(C(N)=O)C1. The van der Waals surface area contributed by atoms with Crippen LogP contribution in [-0.4, -0.2) is 35.1 Å². The fourth-order valence-corrected chi connectivity index (χ4v) is 2.42. The molecule has 0 aromatic carbocycles. The van der Waals surface area contributed by atoms with Gasteiger partial charge < -0.3 is 15.7 Å². The van der Waals surface area contributed by atoms with Gasteiger partial charge in [0.15, 0.2) is 0 Å². The third-order valence-electron chi connectivity index (χ3n) is 3.42. The Kier molecular flexibility index (Phi) is 3.69. The van der Waals surface area contributed by atoms with Gasteiger partial charge in [-0.05, 0) is 31.4 Å². The third kappa shape index (κ3) is 2.83. The van der Waals surface area contributed by atoms with E-state index in [0.717, 1.165) is 30.8 Å². The molecule has 2 heterocycles. The van der Waals surface area contributed by atoms with Crippen LogP contribution in [0.2, 0.25) is 0 Å². The van der Waals surface area contributed by atoms with Gasteiger partial charge in [0.1, 0.15) is 5.82 Å². The van der Waals surface area contributed by atoms with Crippen LogP contribution in [0.1, 0.15) is 28.8 Å². The first-order valence-corrected chi connectivity index (χ1v) is 6.23. The minimum Gasteiger partial charge on any atom is -0.478 e. The molecular formula is C13H17N3O3. The number of carbonyl (C=O) groups excluding carboxylic acids is 1. The lowest BCUT2D eigenvalue weighted by Gasteiger charge is -2.33. The summed E-state index contributed by atoms with van der Waals surface area (Å²) in [5.74, 6) is -0.703. The molecule has 1 aliphatic rings. The van der Waals surface area contributed by atoms with Crippen molar-refractivity contribution in [1.29, 1.82) is 0 Å². The topological polar surface area (TPSA) is 96.5 Å². The van der Waals surface area contributed by atoms with Gasteiger partial charge in [-0.1, -0.05) is 0 Å². The second-order valence-electron chi connectivity index (χ2n) is 4.86. The minimum absolute atomic E-state index is 0.158. The van der Waals surface area contributed by atoms with Crippen molar-refractivity contribution < 1.29 is 14.7 Å². The van der Waals surface area contributed by atoms with Gasteiger partial charge in [-0.15, -0.1) is 0 Å². The fourth-order valence-electron chi connectivity index (χ4n) is 2.42. The van der Waals surface area contributed by atoms with Crippen LogP contribution in [0.4, 0.5) is 5.82 Å². The summed E-state index contributed by atoms with van der Waals surface area (Å²) in [5.41, 5.74) is 6.31. The van der Waals surface area contributed by atoms with Gasteiger partial charge in [0.25, 0.3) is 0 Å². The summed E-state index contributed by atoms with van der Waals surface area (Å²) in [6.07, 6.45) is 3.03. The maximum Gasteiger partial charge on any atom is 0.337 e. The van der Waals surface area contributed by atoms with Gasteiger partial charge in [-0.2, -0.15) is 0 Å². The first-order valence-electron chi connectivity index (χ1n) is 6.23. The highest BCUT2D eigenvalue weighted by atomic mass is 16.4. The van der Waals surface area contributed by atoms with E-state index in [1.54, 1.807) is 6.07 Å². The number of nitrogens with zero attached hydrogens (tertiary/aromatic N) is 2. The van der Waals surface area contributed by atoms with E-state index in [2.05, 4.69) is 4.98 Å². The molecule has 1 saturated heterocycles. The maximum absolute atomic E-state index is 11.3. The molecule has 1 unspecified atom stereocenters. The zero-order valence-corrected chi connectivity index (χ0v) is 10.8. The third-order valence-corrected chi connectivity index (χ3v) is 3.42. The van der Waals surface area contributed by atoms with Crippen molar-refractivity contribution in [2.75, 3.05) is 18.0 Å². The van der Waals surface area contributed by atoms with E-state index in [1.165, 1.54) is 6.20 Å². The Morgan fingerprint density at radius 1 is 1.53 bits per heavy atom. The Morgan fingerprint density at radius 3 is 2.84 bits per heavy atom. The van der Waals surface area contributed by atoms with Gasteiger partial charge in [0.2, 0.25) is 5.91 Å². The van der Waals surface area contributed by atoms with E-state index in [-0.39, 0.29) is 17.4 Å². The Hall–Kier alpha value is -2.11. The molecule has 1 aliphatic heterocycles. The number of piperidine rings is 1. The summed E-state index contributed by atoms with van der Waals surface area (Å²) in [7, 11) is 0. The molecule has 0 radical (unpaired) electrons. The van der Waals surface area contributed by atoms with Crippen molar-refractivity contribution in [3.63, 3.8) is 0 Å². The number of anilines is 1. The van der Waals surface area contributed by atoms with Crippen molar-refractivity contribution in [1.82, 2.24) is 4.98 Å². The number of pyridine rings is 1. The van der Waals surface area contributed by atoms with Gasteiger partial charge in [0, 0.05) is 19.3 Å². The molecule has 19 heavy (non-hydrogen) atoms. The van der Waals surface area contributed by atoms with Crippen LogP contribution in [0.25, 0.3) is 0 Å². The van der Waals surface area contributed by atoms with Gasteiger partial charge in [-0.25, -0.2) is 9.78 Å². The van der Waals surface area contributed by atoms with Crippen LogP contribution in [0.3, 0.4) is 0 Å². The predicted octanol–water partition coefficient (Wildman–Crippen LogP) is 0.790. The van der Waals surface area contributed by atoms with Crippen molar-refractivity contribution in [3.05, 3.63) is 23.4 Å². The average Bonchev–Trinajstić information content (AvgIpc) is 2.38. The van der Waals surface area contributed by atoms with Crippen LogP contribution in [0, 0.1) is 12.8 Å². The second-order valence-corrected chi connectivity index (χ2v) is 4.86. The average molecular weight is 263 g/mol. The molecule has 0 bridgehead atoms. The molecular weight excluding hydrogens is 246 g/mol. The number of hydrogen-bond acceptors (Lipinski definition) is 4. The van der Waals surface area contributed by atoms with Crippen LogP contribution in [-0.2, 0) is 4.79 Å². The molecule has 2 rings (SSSR count). The Morgan fingerprint density at radius 2 is 2.26 bits per heavy atom. The molecule has 1 atom stereocenters. The lowest BCUT2D eigenvalue weighted by Crippen LogP contribution is -2.41. The minimum atomic E-state index is -0.990. The quantitative estimate of drug-likeness (QED) is 0.840. The van der Waals surface area contributed by atoms with Crippen molar-refractivity contribution in [3.8, 4) is 0 Å². The highest BCUT2D eigenvalue weighted by molar-refractivity contribution is 5.87. The molecule has 102 valence electrons. The number of carbonyl (C=O) groups is 2. The summed E-state index contributed by atoms with van der Waals surface area (Å²) >= 11 is 0. The van der Waals surface area contributed by atoms with E-state index < -0.39 is 5.97 Å². The normalized spacial score (nSPS) is 19.2. The zero-order chi connectivity index (χ0) is 14.0. The maximum atomic E-state index is 11.3. The molecule has 6 heteroatoms. The van der Waals surface area contributed by atoms with Crippen LogP contribution in [0.5, 0.6) is 0 Å². The number of aromatic nitrogens is 1. The fraction of sp³-hybridized carbons (Fsp3) is 0.462. The number of rotatable bonds is 3. The number of carboxylic acid groups (broad SMARTS) is 1. The van der Waals surface area contributed by atoms with E-state index in [0.29, 0.717) is 6.54 Å². The second kappa shape index (κ2) is 5.26.